The first-order chi connectivity index (χ1) is 13.4. The molecule has 28 heavy (non-hydrogen) atoms. The summed E-state index contributed by atoms with van der Waals surface area (Å²) in [6, 6.07) is 0. The van der Waals surface area contributed by atoms with Gasteiger partial charge in [0.05, 0.1) is 19.8 Å². The van der Waals surface area contributed by atoms with Gasteiger partial charge in [-0.25, -0.2) is 8.37 Å². The number of ether oxygens (including phenoxy) is 2. The van der Waals surface area contributed by atoms with Gasteiger partial charge in [0, 0.05) is 0 Å². The van der Waals surface area contributed by atoms with Crippen LogP contribution in [0.15, 0.2) is 0 Å². The topological polar surface area (TPSA) is 71.1 Å². The van der Waals surface area contributed by atoms with E-state index in [1.54, 1.807) is 13.8 Å². The van der Waals surface area contributed by atoms with Gasteiger partial charge in [-0.3, -0.25) is 0 Å². The molecule has 0 aromatic rings. The molecule has 0 saturated heterocycles. The van der Waals surface area contributed by atoms with Crippen LogP contribution in [0.1, 0.15) is 105 Å². The van der Waals surface area contributed by atoms with Crippen LogP contribution in [0.25, 0.3) is 0 Å². The molecule has 0 aromatic heterocycles. The Balaban J connectivity index is 4.31. The number of unbranched alkanes of at least 4 members (excludes halogenated alkanes) is 10. The van der Waals surface area contributed by atoms with Crippen LogP contribution in [0.4, 0.5) is 0 Å². The van der Waals surface area contributed by atoms with Crippen LogP contribution in [0.2, 0.25) is 0 Å². The summed E-state index contributed by atoms with van der Waals surface area (Å²) in [5.41, 5.74) is 0. The highest BCUT2D eigenvalue weighted by molar-refractivity contribution is 7.81. The van der Waals surface area contributed by atoms with Gasteiger partial charge in [-0.05, 0) is 26.7 Å². The Kier molecular flexibility index (Phi) is 17.5. The van der Waals surface area contributed by atoms with Gasteiger partial charge < -0.3 is 9.47 Å². The molecule has 0 saturated carbocycles. The number of hydrogen-bond donors (Lipinski definition) is 0. The summed E-state index contributed by atoms with van der Waals surface area (Å²) in [4.78, 5) is 0. The van der Waals surface area contributed by atoms with Crippen LogP contribution >= 0.6 is 0 Å². The van der Waals surface area contributed by atoms with Gasteiger partial charge in [0.1, 0.15) is 6.61 Å². The maximum atomic E-state index is 11.7. The van der Waals surface area contributed by atoms with Crippen LogP contribution in [-0.4, -0.2) is 40.6 Å². The van der Waals surface area contributed by atoms with Crippen molar-refractivity contribution >= 4 is 10.4 Å². The molecular weight excluding hydrogens is 380 g/mol. The standard InChI is InChI=1S/C21H44O6S/c1-5-8-10-12-14-16-18-24-21(4,20-27-28(22,23)26-7-3)25-19-17-15-13-11-9-6-2/h5-20H2,1-4H3. The minimum Gasteiger partial charge on any atom is -0.348 e. The molecule has 170 valence electrons. The van der Waals surface area contributed by atoms with E-state index < -0.39 is 16.2 Å². The van der Waals surface area contributed by atoms with Crippen molar-refractivity contribution in [3.8, 4) is 0 Å². The van der Waals surface area contributed by atoms with E-state index in [2.05, 4.69) is 18.0 Å². The Hall–Kier alpha value is -0.210. The lowest BCUT2D eigenvalue weighted by atomic mass is 10.1. The smallest absolute Gasteiger partial charge is 0.348 e. The molecule has 0 radical (unpaired) electrons. The summed E-state index contributed by atoms with van der Waals surface area (Å²) in [5, 5.41) is 0. The molecule has 0 amide bonds. The van der Waals surface area contributed by atoms with E-state index in [0.717, 1.165) is 25.7 Å². The zero-order valence-corrected chi connectivity index (χ0v) is 19.5. The fourth-order valence-electron chi connectivity index (χ4n) is 2.82. The predicted octanol–water partition coefficient (Wildman–Crippen LogP) is 5.75. The molecular formula is C21H44O6S. The first-order valence-electron chi connectivity index (χ1n) is 11.2. The monoisotopic (exact) mass is 424 g/mol. The van der Waals surface area contributed by atoms with E-state index >= 15 is 0 Å². The highest BCUT2D eigenvalue weighted by Crippen LogP contribution is 2.18. The van der Waals surface area contributed by atoms with Crippen LogP contribution < -0.4 is 0 Å². The third-order valence-electron chi connectivity index (χ3n) is 4.54. The minimum absolute atomic E-state index is 0.0380. The number of hydrogen-bond acceptors (Lipinski definition) is 6. The molecule has 0 aliphatic rings. The van der Waals surface area contributed by atoms with E-state index in [4.69, 9.17) is 13.7 Å². The molecule has 0 rings (SSSR count). The van der Waals surface area contributed by atoms with Gasteiger partial charge >= 0.3 is 10.4 Å². The highest BCUT2D eigenvalue weighted by Gasteiger charge is 2.29. The van der Waals surface area contributed by atoms with Gasteiger partial charge in [-0.2, -0.15) is 8.42 Å². The Labute approximate surface area is 174 Å². The van der Waals surface area contributed by atoms with E-state index in [-0.39, 0.29) is 13.2 Å². The SMILES string of the molecule is CCCCCCCCOC(C)(COS(=O)(=O)OCC)OCCCCCCCC. The lowest BCUT2D eigenvalue weighted by Crippen LogP contribution is -2.39. The molecule has 0 bridgehead atoms. The second-order valence-electron chi connectivity index (χ2n) is 7.44. The third-order valence-corrected chi connectivity index (χ3v) is 5.47. The molecule has 0 aliphatic heterocycles. The normalized spacial score (nSPS) is 12.6. The van der Waals surface area contributed by atoms with Gasteiger partial charge in [0.25, 0.3) is 0 Å². The highest BCUT2D eigenvalue weighted by atomic mass is 32.3. The molecule has 0 aromatic carbocycles. The van der Waals surface area contributed by atoms with Crippen molar-refractivity contribution in [3.63, 3.8) is 0 Å². The van der Waals surface area contributed by atoms with Gasteiger partial charge in [0.15, 0.2) is 5.79 Å². The fraction of sp³-hybridized carbons (Fsp3) is 1.00. The molecule has 0 spiro atoms. The largest absolute Gasteiger partial charge is 0.400 e. The summed E-state index contributed by atoms with van der Waals surface area (Å²) in [6.07, 6.45) is 13.9. The number of rotatable bonds is 21. The summed E-state index contributed by atoms with van der Waals surface area (Å²) in [7, 11) is -4.02. The van der Waals surface area contributed by atoms with Crippen molar-refractivity contribution in [2.75, 3.05) is 26.4 Å². The molecule has 7 heteroatoms. The zero-order valence-electron chi connectivity index (χ0n) is 18.7. The van der Waals surface area contributed by atoms with Crippen LogP contribution in [0, 0.1) is 0 Å². The Morgan fingerprint density at radius 1 is 0.643 bits per heavy atom. The van der Waals surface area contributed by atoms with Crippen molar-refractivity contribution < 1.29 is 26.3 Å². The van der Waals surface area contributed by atoms with Crippen molar-refractivity contribution in [2.24, 2.45) is 0 Å². The Bertz CT molecular complexity index is 420. The molecule has 0 aliphatic carbocycles. The van der Waals surface area contributed by atoms with E-state index in [1.165, 1.54) is 51.4 Å². The molecule has 0 heterocycles. The van der Waals surface area contributed by atoms with E-state index in [9.17, 15) is 8.42 Å². The minimum atomic E-state index is -4.02. The maximum absolute atomic E-state index is 11.7. The molecule has 0 fully saturated rings. The lowest BCUT2D eigenvalue weighted by molar-refractivity contribution is -0.240. The van der Waals surface area contributed by atoms with Gasteiger partial charge in [-0.15, -0.1) is 0 Å². The third kappa shape index (κ3) is 16.7. The Morgan fingerprint density at radius 2 is 1.07 bits per heavy atom. The summed E-state index contributed by atoms with van der Waals surface area (Å²) in [5.74, 6) is -1.09. The molecule has 0 unspecified atom stereocenters. The zero-order chi connectivity index (χ0) is 21.1. The Morgan fingerprint density at radius 3 is 1.50 bits per heavy atom. The van der Waals surface area contributed by atoms with Crippen LogP contribution in [0.5, 0.6) is 0 Å². The van der Waals surface area contributed by atoms with Crippen molar-refractivity contribution in [1.29, 1.82) is 0 Å². The fourth-order valence-corrected chi connectivity index (χ4v) is 3.54. The van der Waals surface area contributed by atoms with Gasteiger partial charge in [0.2, 0.25) is 0 Å². The first kappa shape index (κ1) is 27.8. The van der Waals surface area contributed by atoms with Crippen molar-refractivity contribution in [2.45, 2.75) is 111 Å². The molecule has 0 atom stereocenters. The molecule has 0 N–H and O–H groups in total. The van der Waals surface area contributed by atoms with E-state index in [1.807, 2.05) is 0 Å². The first-order valence-corrected chi connectivity index (χ1v) is 12.5. The average molecular weight is 425 g/mol. The lowest BCUT2D eigenvalue weighted by Gasteiger charge is -2.29. The second kappa shape index (κ2) is 17.6. The predicted molar refractivity (Wildman–Crippen MR) is 114 cm³/mol. The van der Waals surface area contributed by atoms with Crippen LogP contribution in [0.3, 0.4) is 0 Å². The average Bonchev–Trinajstić information content (AvgIpc) is 2.65. The van der Waals surface area contributed by atoms with Gasteiger partial charge in [-0.1, -0.05) is 78.1 Å². The van der Waals surface area contributed by atoms with Crippen molar-refractivity contribution in [3.05, 3.63) is 0 Å². The summed E-state index contributed by atoms with van der Waals surface area (Å²) < 4.78 is 44.7. The molecule has 6 nitrogen and oxygen atoms in total. The van der Waals surface area contributed by atoms with Crippen LogP contribution in [-0.2, 0) is 28.2 Å². The summed E-state index contributed by atoms with van der Waals surface area (Å²) >= 11 is 0. The second-order valence-corrected chi connectivity index (χ2v) is 8.73. The quantitative estimate of drug-likeness (QED) is 0.172. The summed E-state index contributed by atoms with van der Waals surface area (Å²) in [6.45, 7) is 8.62. The van der Waals surface area contributed by atoms with E-state index in [0.29, 0.717) is 13.2 Å². The maximum Gasteiger partial charge on any atom is 0.400 e. The van der Waals surface area contributed by atoms with Crippen molar-refractivity contribution in [1.82, 2.24) is 0 Å².